The van der Waals surface area contributed by atoms with E-state index in [0.717, 1.165) is 42.4 Å². The van der Waals surface area contributed by atoms with Crippen molar-refractivity contribution in [1.29, 1.82) is 0 Å². The van der Waals surface area contributed by atoms with Crippen LogP contribution in [0.4, 0.5) is 6.01 Å². The first kappa shape index (κ1) is 13.1. The minimum atomic E-state index is 0.573. The number of piperidine rings is 1. The van der Waals surface area contributed by atoms with Gasteiger partial charge in [-0.25, -0.2) is 4.98 Å². The molecule has 0 atom stereocenters. The molecule has 0 aliphatic carbocycles. The third-order valence-electron chi connectivity index (χ3n) is 4.90. The lowest BCUT2D eigenvalue weighted by Gasteiger charge is -2.30. The van der Waals surface area contributed by atoms with E-state index in [0.29, 0.717) is 6.04 Å². The zero-order chi connectivity index (χ0) is 14.4. The van der Waals surface area contributed by atoms with Gasteiger partial charge in [-0.3, -0.25) is 0 Å². The number of aryl methyl sites for hydroxylation is 2. The largest absolute Gasteiger partial charge is 0.422 e. The molecule has 5 nitrogen and oxygen atoms in total. The van der Waals surface area contributed by atoms with Crippen LogP contribution in [0.15, 0.2) is 10.5 Å². The minimum absolute atomic E-state index is 0.573. The molecule has 5 heteroatoms. The molecule has 5 heterocycles. The topological polar surface area (TPSA) is 45.4 Å². The Balaban J connectivity index is 1.73. The number of nitrogens with zero attached hydrogens (tertiary/aromatic N) is 4. The minimum Gasteiger partial charge on any atom is -0.422 e. The van der Waals surface area contributed by atoms with Crippen molar-refractivity contribution < 1.29 is 4.42 Å². The molecule has 0 spiro atoms. The van der Waals surface area contributed by atoms with Crippen LogP contribution in [-0.2, 0) is 6.42 Å². The summed E-state index contributed by atoms with van der Waals surface area (Å²) < 4.78 is 6.03. The highest BCUT2D eigenvalue weighted by molar-refractivity contribution is 5.71. The number of oxazole rings is 1. The molecule has 3 aliphatic rings. The van der Waals surface area contributed by atoms with Crippen molar-refractivity contribution in [3.63, 3.8) is 0 Å². The molecular formula is C16H22N4O. The lowest BCUT2D eigenvalue weighted by molar-refractivity contribution is 0.249. The van der Waals surface area contributed by atoms with E-state index in [9.17, 15) is 0 Å². The molecule has 112 valence electrons. The maximum atomic E-state index is 6.03. The molecule has 2 bridgehead atoms. The maximum Gasteiger partial charge on any atom is 0.300 e. The lowest BCUT2D eigenvalue weighted by atomic mass is 10.1. The van der Waals surface area contributed by atoms with Crippen LogP contribution < -0.4 is 4.90 Å². The molecule has 3 aliphatic heterocycles. The Kier molecular flexibility index (Phi) is 3.10. The average Bonchev–Trinajstić information content (AvgIpc) is 2.68. The summed E-state index contributed by atoms with van der Waals surface area (Å²) in [5.74, 6) is 0. The number of hydrogen-bond acceptors (Lipinski definition) is 5. The fraction of sp³-hybridized carbons (Fsp3) is 0.625. The second kappa shape index (κ2) is 4.98. The summed E-state index contributed by atoms with van der Waals surface area (Å²) in [5.41, 5.74) is 3.88. The highest BCUT2D eigenvalue weighted by Crippen LogP contribution is 2.29. The van der Waals surface area contributed by atoms with E-state index in [1.54, 1.807) is 0 Å². The van der Waals surface area contributed by atoms with E-state index < -0.39 is 0 Å². The molecule has 0 saturated carbocycles. The van der Waals surface area contributed by atoms with Gasteiger partial charge in [0.05, 0.1) is 0 Å². The van der Waals surface area contributed by atoms with Crippen LogP contribution in [-0.4, -0.2) is 47.1 Å². The van der Waals surface area contributed by atoms with Gasteiger partial charge < -0.3 is 14.2 Å². The van der Waals surface area contributed by atoms with Gasteiger partial charge in [-0.2, -0.15) is 4.98 Å². The second-order valence-electron chi connectivity index (χ2n) is 6.19. The van der Waals surface area contributed by atoms with Crippen LogP contribution in [0.2, 0.25) is 0 Å². The van der Waals surface area contributed by atoms with Gasteiger partial charge in [0.25, 0.3) is 6.01 Å². The van der Waals surface area contributed by atoms with E-state index in [2.05, 4.69) is 39.7 Å². The molecule has 0 amide bonds. The second-order valence-corrected chi connectivity index (χ2v) is 6.19. The predicted molar refractivity (Wildman–Crippen MR) is 82.7 cm³/mol. The Morgan fingerprint density at radius 1 is 1.19 bits per heavy atom. The molecule has 2 aromatic rings. The van der Waals surface area contributed by atoms with Gasteiger partial charge in [0.15, 0.2) is 5.58 Å². The zero-order valence-electron chi connectivity index (χ0n) is 12.8. The molecule has 5 rings (SSSR count). The first-order valence-corrected chi connectivity index (χ1v) is 8.00. The first-order chi connectivity index (χ1) is 10.2. The number of anilines is 1. The van der Waals surface area contributed by atoms with E-state index in [-0.39, 0.29) is 0 Å². The predicted octanol–water partition coefficient (Wildman–Crippen LogP) is 2.38. The maximum absolute atomic E-state index is 6.03. The number of aromatic nitrogens is 2. The average molecular weight is 286 g/mol. The molecule has 3 saturated heterocycles. The van der Waals surface area contributed by atoms with Crippen molar-refractivity contribution in [2.24, 2.45) is 0 Å². The summed E-state index contributed by atoms with van der Waals surface area (Å²) in [5, 5.41) is 0. The number of fused-ring (bicyclic) bond motifs is 5. The van der Waals surface area contributed by atoms with E-state index in [4.69, 9.17) is 4.42 Å². The molecule has 21 heavy (non-hydrogen) atoms. The summed E-state index contributed by atoms with van der Waals surface area (Å²) in [6.07, 6.45) is 3.36. The van der Waals surface area contributed by atoms with Gasteiger partial charge in [-0.15, -0.1) is 0 Å². The molecule has 3 fully saturated rings. The van der Waals surface area contributed by atoms with Gasteiger partial charge in [0.2, 0.25) is 5.65 Å². The van der Waals surface area contributed by atoms with Crippen molar-refractivity contribution in [1.82, 2.24) is 14.9 Å². The van der Waals surface area contributed by atoms with E-state index >= 15 is 0 Å². The highest BCUT2D eigenvalue weighted by atomic mass is 16.4. The molecule has 0 aromatic carbocycles. The Labute approximate surface area is 125 Å². The number of pyridine rings is 1. The number of rotatable bonds is 2. The summed E-state index contributed by atoms with van der Waals surface area (Å²) in [6.45, 7) is 8.76. The Bertz CT molecular complexity index is 658. The van der Waals surface area contributed by atoms with Crippen molar-refractivity contribution in [2.75, 3.05) is 31.1 Å². The number of hydrogen-bond donors (Lipinski definition) is 0. The van der Waals surface area contributed by atoms with Crippen LogP contribution in [0.3, 0.4) is 0 Å². The molecule has 2 aromatic heterocycles. The van der Waals surface area contributed by atoms with Crippen LogP contribution in [0.5, 0.6) is 0 Å². The summed E-state index contributed by atoms with van der Waals surface area (Å²) in [4.78, 5) is 14.2. The van der Waals surface area contributed by atoms with Crippen LogP contribution >= 0.6 is 0 Å². The third-order valence-corrected chi connectivity index (χ3v) is 4.90. The fourth-order valence-electron chi connectivity index (χ4n) is 3.60. The molecule has 0 N–H and O–H groups in total. The quantitative estimate of drug-likeness (QED) is 0.848. The Hall–Kier alpha value is -1.62. The molecular weight excluding hydrogens is 264 g/mol. The standard InChI is InChI=1S/C16H22N4O/c1-3-13-11(2)10-14-15(17-13)18-16(21-14)20-9-8-19-6-4-12(20)5-7-19/h10,12H,3-9H2,1-2H3. The summed E-state index contributed by atoms with van der Waals surface area (Å²) in [6, 6.07) is 3.42. The monoisotopic (exact) mass is 286 g/mol. The summed E-state index contributed by atoms with van der Waals surface area (Å²) in [7, 11) is 0. The highest BCUT2D eigenvalue weighted by Gasteiger charge is 2.31. The van der Waals surface area contributed by atoms with Crippen molar-refractivity contribution in [2.45, 2.75) is 39.2 Å². The SMILES string of the molecule is CCc1nc2nc(N3CCN4CCC3CC4)oc2cc1C. The Morgan fingerprint density at radius 3 is 2.76 bits per heavy atom. The van der Waals surface area contributed by atoms with Crippen molar-refractivity contribution in [3.05, 3.63) is 17.3 Å². The van der Waals surface area contributed by atoms with Gasteiger partial charge in [-0.05, 0) is 37.8 Å². The summed E-state index contributed by atoms with van der Waals surface area (Å²) >= 11 is 0. The van der Waals surface area contributed by atoms with E-state index in [1.807, 2.05) is 0 Å². The van der Waals surface area contributed by atoms with Gasteiger partial charge in [0.1, 0.15) is 0 Å². The lowest BCUT2D eigenvalue weighted by Crippen LogP contribution is -2.38. The first-order valence-electron chi connectivity index (χ1n) is 8.00. The van der Waals surface area contributed by atoms with Crippen molar-refractivity contribution >= 4 is 17.2 Å². The van der Waals surface area contributed by atoms with Crippen molar-refractivity contribution in [3.8, 4) is 0 Å². The normalized spacial score (nSPS) is 25.5. The molecule has 0 radical (unpaired) electrons. The van der Waals surface area contributed by atoms with Gasteiger partial charge in [0, 0.05) is 37.9 Å². The molecule has 0 unspecified atom stereocenters. The fourth-order valence-corrected chi connectivity index (χ4v) is 3.60. The smallest absolute Gasteiger partial charge is 0.300 e. The zero-order valence-corrected chi connectivity index (χ0v) is 12.8. The van der Waals surface area contributed by atoms with Crippen LogP contribution in [0, 0.1) is 6.92 Å². The van der Waals surface area contributed by atoms with Crippen LogP contribution in [0.1, 0.15) is 31.0 Å². The van der Waals surface area contributed by atoms with Crippen LogP contribution in [0.25, 0.3) is 11.2 Å². The third kappa shape index (κ3) is 2.20. The van der Waals surface area contributed by atoms with E-state index in [1.165, 1.54) is 31.5 Å². The Morgan fingerprint density at radius 2 is 2.00 bits per heavy atom. The van der Waals surface area contributed by atoms with Gasteiger partial charge >= 0.3 is 0 Å². The van der Waals surface area contributed by atoms with Gasteiger partial charge in [-0.1, -0.05) is 6.92 Å².